The molecule has 2 rings (SSSR count). The number of nitrogens with one attached hydrogen (secondary N) is 1. The van der Waals surface area contributed by atoms with Gasteiger partial charge in [-0.05, 0) is 24.5 Å². The molecule has 0 aromatic carbocycles. The summed E-state index contributed by atoms with van der Waals surface area (Å²) < 4.78 is 0. The van der Waals surface area contributed by atoms with Gasteiger partial charge in [0.1, 0.15) is 5.69 Å². The third kappa shape index (κ3) is 3.20. The fourth-order valence-corrected chi connectivity index (χ4v) is 2.42. The maximum absolute atomic E-state index is 8.73. The van der Waals surface area contributed by atoms with Gasteiger partial charge >= 0.3 is 0 Å². The molecule has 0 amide bonds. The van der Waals surface area contributed by atoms with Crippen LogP contribution in [0.2, 0.25) is 0 Å². The Morgan fingerprint density at radius 2 is 2.22 bits per heavy atom. The second-order valence-electron chi connectivity index (χ2n) is 4.71. The molecule has 0 aliphatic heterocycles. The standard InChI is InChI=1S/C13H20N4O/c14-13(17-18)12-10(5-4-8-15-12)9-16-11-6-2-1-3-7-11/h4-5,8,11,16,18H,1-3,6-7,9H2,(H2,14,17). The summed E-state index contributed by atoms with van der Waals surface area (Å²) in [6.45, 7) is 0.712. The first-order chi connectivity index (χ1) is 8.81. The molecule has 0 radical (unpaired) electrons. The number of rotatable bonds is 4. The lowest BCUT2D eigenvalue weighted by atomic mass is 9.95. The van der Waals surface area contributed by atoms with Crippen molar-refractivity contribution in [2.45, 2.75) is 44.7 Å². The molecule has 1 aromatic heterocycles. The fourth-order valence-electron chi connectivity index (χ4n) is 2.42. The lowest BCUT2D eigenvalue weighted by Crippen LogP contribution is -2.31. The zero-order valence-corrected chi connectivity index (χ0v) is 10.5. The molecule has 98 valence electrons. The van der Waals surface area contributed by atoms with E-state index in [1.54, 1.807) is 6.20 Å². The number of hydrogen-bond donors (Lipinski definition) is 3. The van der Waals surface area contributed by atoms with Crippen LogP contribution in [-0.4, -0.2) is 22.1 Å². The number of oxime groups is 1. The van der Waals surface area contributed by atoms with Crippen molar-refractivity contribution in [3.8, 4) is 0 Å². The van der Waals surface area contributed by atoms with Crippen molar-refractivity contribution in [2.24, 2.45) is 10.9 Å². The maximum atomic E-state index is 8.73. The molecule has 1 aliphatic carbocycles. The van der Waals surface area contributed by atoms with Crippen molar-refractivity contribution in [3.63, 3.8) is 0 Å². The van der Waals surface area contributed by atoms with Crippen molar-refractivity contribution in [2.75, 3.05) is 0 Å². The van der Waals surface area contributed by atoms with Gasteiger partial charge < -0.3 is 16.3 Å². The first-order valence-corrected chi connectivity index (χ1v) is 6.46. The lowest BCUT2D eigenvalue weighted by Gasteiger charge is -2.23. The molecule has 1 aromatic rings. The summed E-state index contributed by atoms with van der Waals surface area (Å²) in [5.41, 5.74) is 7.14. The normalized spacial score (nSPS) is 17.9. The molecule has 0 spiro atoms. The van der Waals surface area contributed by atoms with Crippen molar-refractivity contribution in [1.82, 2.24) is 10.3 Å². The predicted octanol–water partition coefficient (Wildman–Crippen LogP) is 1.60. The van der Waals surface area contributed by atoms with Crippen molar-refractivity contribution >= 4 is 5.84 Å². The SMILES string of the molecule is N/C(=N\O)c1ncccc1CNC1CCCCC1. The van der Waals surface area contributed by atoms with E-state index >= 15 is 0 Å². The molecule has 1 aliphatic rings. The molecule has 0 atom stereocenters. The summed E-state index contributed by atoms with van der Waals surface area (Å²) >= 11 is 0. The summed E-state index contributed by atoms with van der Waals surface area (Å²) in [6.07, 6.45) is 8.08. The van der Waals surface area contributed by atoms with Gasteiger partial charge in [0.05, 0.1) is 0 Å². The molecule has 0 saturated heterocycles. The molecule has 0 bridgehead atoms. The average molecular weight is 248 g/mol. The van der Waals surface area contributed by atoms with Crippen LogP contribution in [-0.2, 0) is 6.54 Å². The van der Waals surface area contributed by atoms with Gasteiger partial charge in [-0.25, -0.2) is 0 Å². The van der Waals surface area contributed by atoms with Crippen molar-refractivity contribution < 1.29 is 5.21 Å². The summed E-state index contributed by atoms with van der Waals surface area (Å²) in [5, 5.41) is 15.3. The van der Waals surface area contributed by atoms with E-state index in [4.69, 9.17) is 10.9 Å². The van der Waals surface area contributed by atoms with Gasteiger partial charge in [0, 0.05) is 18.8 Å². The fraction of sp³-hybridized carbons (Fsp3) is 0.538. The molecular weight excluding hydrogens is 228 g/mol. The number of nitrogens with zero attached hydrogens (tertiary/aromatic N) is 2. The number of aromatic nitrogens is 1. The quantitative estimate of drug-likeness (QED) is 0.327. The van der Waals surface area contributed by atoms with Crippen LogP contribution in [0.25, 0.3) is 0 Å². The molecule has 18 heavy (non-hydrogen) atoms. The van der Waals surface area contributed by atoms with Crippen molar-refractivity contribution in [1.29, 1.82) is 0 Å². The molecule has 1 fully saturated rings. The van der Waals surface area contributed by atoms with Crippen LogP contribution in [0.4, 0.5) is 0 Å². The van der Waals surface area contributed by atoms with Gasteiger partial charge in [0.15, 0.2) is 5.84 Å². The Hall–Kier alpha value is -1.62. The van der Waals surface area contributed by atoms with E-state index in [2.05, 4.69) is 15.5 Å². The van der Waals surface area contributed by atoms with Crippen LogP contribution in [0, 0.1) is 0 Å². The molecule has 1 heterocycles. The first kappa shape index (κ1) is 12.8. The van der Waals surface area contributed by atoms with E-state index in [1.807, 2.05) is 12.1 Å². The van der Waals surface area contributed by atoms with Crippen molar-refractivity contribution in [3.05, 3.63) is 29.6 Å². The zero-order chi connectivity index (χ0) is 12.8. The van der Waals surface area contributed by atoms with Crippen LogP contribution in [0.1, 0.15) is 43.4 Å². The third-order valence-corrected chi connectivity index (χ3v) is 3.43. The molecule has 5 heteroatoms. The van der Waals surface area contributed by atoms with Crippen LogP contribution in [0.3, 0.4) is 0 Å². The highest BCUT2D eigenvalue weighted by Crippen LogP contribution is 2.18. The van der Waals surface area contributed by atoms with Gasteiger partial charge in [-0.1, -0.05) is 30.5 Å². The Kier molecular flexibility index (Phi) is 4.52. The Bertz CT molecular complexity index is 413. The monoisotopic (exact) mass is 248 g/mol. The summed E-state index contributed by atoms with van der Waals surface area (Å²) in [5.74, 6) is 0.0658. The highest BCUT2D eigenvalue weighted by atomic mass is 16.4. The number of hydrogen-bond acceptors (Lipinski definition) is 4. The van der Waals surface area contributed by atoms with Crippen LogP contribution in [0.5, 0.6) is 0 Å². The third-order valence-electron chi connectivity index (χ3n) is 3.43. The van der Waals surface area contributed by atoms with Crippen LogP contribution < -0.4 is 11.1 Å². The summed E-state index contributed by atoms with van der Waals surface area (Å²) in [7, 11) is 0. The van der Waals surface area contributed by atoms with Crippen LogP contribution in [0.15, 0.2) is 23.5 Å². The smallest absolute Gasteiger partial charge is 0.189 e. The average Bonchev–Trinajstić information content (AvgIpc) is 2.45. The Morgan fingerprint density at radius 1 is 1.44 bits per heavy atom. The minimum absolute atomic E-state index is 0.0658. The number of pyridine rings is 1. The van der Waals surface area contributed by atoms with Gasteiger partial charge in [0.25, 0.3) is 0 Å². The number of nitrogens with two attached hydrogens (primary N) is 1. The van der Waals surface area contributed by atoms with Gasteiger partial charge in [-0.3, -0.25) is 4.98 Å². The molecule has 4 N–H and O–H groups in total. The van der Waals surface area contributed by atoms with E-state index in [0.717, 1.165) is 5.56 Å². The summed E-state index contributed by atoms with van der Waals surface area (Å²) in [6, 6.07) is 4.40. The van der Waals surface area contributed by atoms with E-state index in [-0.39, 0.29) is 5.84 Å². The highest BCUT2D eigenvalue weighted by Gasteiger charge is 2.14. The minimum Gasteiger partial charge on any atom is -0.409 e. The largest absolute Gasteiger partial charge is 0.409 e. The Labute approximate surface area is 107 Å². The van der Waals surface area contributed by atoms with Gasteiger partial charge in [-0.2, -0.15) is 0 Å². The summed E-state index contributed by atoms with van der Waals surface area (Å²) in [4.78, 5) is 4.16. The maximum Gasteiger partial charge on any atom is 0.189 e. The Morgan fingerprint density at radius 3 is 2.94 bits per heavy atom. The molecule has 1 saturated carbocycles. The molecular formula is C13H20N4O. The second kappa shape index (κ2) is 6.35. The van der Waals surface area contributed by atoms with E-state index < -0.39 is 0 Å². The van der Waals surface area contributed by atoms with E-state index in [1.165, 1.54) is 32.1 Å². The minimum atomic E-state index is 0.0658. The molecule has 5 nitrogen and oxygen atoms in total. The van der Waals surface area contributed by atoms with Gasteiger partial charge in [0.2, 0.25) is 0 Å². The second-order valence-corrected chi connectivity index (χ2v) is 4.71. The zero-order valence-electron chi connectivity index (χ0n) is 10.5. The van der Waals surface area contributed by atoms with E-state index in [9.17, 15) is 0 Å². The van der Waals surface area contributed by atoms with Gasteiger partial charge in [-0.15, -0.1) is 0 Å². The number of amidine groups is 1. The van der Waals surface area contributed by atoms with Crippen LogP contribution >= 0.6 is 0 Å². The Balaban J connectivity index is 2.00. The van der Waals surface area contributed by atoms with E-state index in [0.29, 0.717) is 18.3 Å². The molecule has 0 unspecified atom stereocenters. The first-order valence-electron chi connectivity index (χ1n) is 6.46. The topological polar surface area (TPSA) is 83.5 Å². The highest BCUT2D eigenvalue weighted by molar-refractivity contribution is 5.96. The predicted molar refractivity (Wildman–Crippen MR) is 70.5 cm³/mol. The lowest BCUT2D eigenvalue weighted by molar-refractivity contribution is 0.318.